The zero-order chi connectivity index (χ0) is 18.2. The number of fused-ring (bicyclic) bond motifs is 1. The predicted molar refractivity (Wildman–Crippen MR) is 100 cm³/mol. The Bertz CT molecular complexity index is 919. The minimum absolute atomic E-state index is 0.185. The highest BCUT2D eigenvalue weighted by Gasteiger charge is 2.25. The second-order valence-corrected chi connectivity index (χ2v) is 8.31. The van der Waals surface area contributed by atoms with Crippen molar-refractivity contribution in [2.24, 2.45) is 0 Å². The molecule has 25 heavy (non-hydrogen) atoms. The van der Waals surface area contributed by atoms with Gasteiger partial charge in [0.1, 0.15) is 16.5 Å². The van der Waals surface area contributed by atoms with Gasteiger partial charge in [-0.2, -0.15) is 9.61 Å². The fraction of sp³-hybridized carbons (Fsp3) is 0.421. The molecule has 0 aliphatic heterocycles. The van der Waals surface area contributed by atoms with Crippen molar-refractivity contribution in [3.63, 3.8) is 0 Å². The molecule has 3 rings (SSSR count). The number of nitrogens with zero attached hydrogens (tertiary/aromatic N) is 3. The molecule has 5 nitrogen and oxygen atoms in total. The van der Waals surface area contributed by atoms with E-state index in [1.807, 2.05) is 39.8 Å². The maximum Gasteiger partial charge on any atom is 0.213 e. The summed E-state index contributed by atoms with van der Waals surface area (Å²) in [5.74, 6) is 0.899. The molecule has 0 fully saturated rings. The van der Waals surface area contributed by atoms with Gasteiger partial charge < -0.3 is 4.74 Å². The van der Waals surface area contributed by atoms with Crippen LogP contribution in [-0.4, -0.2) is 27.5 Å². The quantitative estimate of drug-likeness (QED) is 0.644. The first-order chi connectivity index (χ1) is 11.8. The summed E-state index contributed by atoms with van der Waals surface area (Å²) in [6.07, 6.45) is 1.53. The molecular formula is C19H23N3O2S. The van der Waals surface area contributed by atoms with Crippen LogP contribution in [0.15, 0.2) is 18.2 Å². The van der Waals surface area contributed by atoms with Crippen LogP contribution in [0.5, 0.6) is 5.75 Å². The lowest BCUT2D eigenvalue weighted by Gasteiger charge is -2.15. The minimum Gasteiger partial charge on any atom is -0.493 e. The number of carbonyl (C=O) groups excluding carboxylic acids is 1. The van der Waals surface area contributed by atoms with Gasteiger partial charge in [-0.25, -0.2) is 4.98 Å². The molecule has 1 aromatic carbocycles. The maximum atomic E-state index is 11.5. The summed E-state index contributed by atoms with van der Waals surface area (Å²) < 4.78 is 7.53. The highest BCUT2D eigenvalue weighted by atomic mass is 32.1. The van der Waals surface area contributed by atoms with Gasteiger partial charge in [0.2, 0.25) is 4.96 Å². The zero-order valence-electron chi connectivity index (χ0n) is 15.3. The summed E-state index contributed by atoms with van der Waals surface area (Å²) in [4.78, 5) is 16.9. The van der Waals surface area contributed by atoms with E-state index in [4.69, 9.17) is 4.74 Å². The molecule has 0 spiro atoms. The molecule has 0 saturated heterocycles. The van der Waals surface area contributed by atoms with E-state index in [1.165, 1.54) is 16.9 Å². The Balaban J connectivity index is 1.74. The number of benzene rings is 1. The Morgan fingerprint density at radius 1 is 1.28 bits per heavy atom. The van der Waals surface area contributed by atoms with E-state index in [9.17, 15) is 4.79 Å². The Morgan fingerprint density at radius 2 is 2.04 bits per heavy atom. The normalized spacial score (nSPS) is 11.9. The van der Waals surface area contributed by atoms with E-state index in [2.05, 4.69) is 23.1 Å². The molecule has 132 valence electrons. The number of imidazole rings is 1. The summed E-state index contributed by atoms with van der Waals surface area (Å²) in [5.41, 5.74) is 3.50. The molecule has 0 bridgehead atoms. The third-order valence-corrected chi connectivity index (χ3v) is 4.97. The van der Waals surface area contributed by atoms with Crippen molar-refractivity contribution in [3.05, 3.63) is 45.7 Å². The third kappa shape index (κ3) is 3.58. The molecule has 3 aromatic rings. The van der Waals surface area contributed by atoms with E-state index in [1.54, 1.807) is 4.52 Å². The van der Waals surface area contributed by atoms with Crippen LogP contribution in [0.2, 0.25) is 0 Å². The van der Waals surface area contributed by atoms with E-state index in [-0.39, 0.29) is 5.41 Å². The van der Waals surface area contributed by atoms with E-state index in [0.717, 1.165) is 33.3 Å². The van der Waals surface area contributed by atoms with Crippen molar-refractivity contribution in [1.29, 1.82) is 0 Å². The van der Waals surface area contributed by atoms with Crippen molar-refractivity contribution in [2.45, 2.75) is 46.5 Å². The molecule has 0 amide bonds. The molecule has 2 heterocycles. The number of aromatic nitrogens is 3. The summed E-state index contributed by atoms with van der Waals surface area (Å²) in [7, 11) is 0. The van der Waals surface area contributed by atoms with Gasteiger partial charge in [0, 0.05) is 11.8 Å². The molecule has 0 aliphatic carbocycles. The molecule has 6 heteroatoms. The lowest BCUT2D eigenvalue weighted by atomic mass is 9.91. The van der Waals surface area contributed by atoms with Crippen molar-refractivity contribution < 1.29 is 9.53 Å². The second kappa shape index (κ2) is 6.59. The first kappa shape index (κ1) is 17.6. The fourth-order valence-corrected chi connectivity index (χ4v) is 3.65. The molecular weight excluding hydrogens is 334 g/mol. The van der Waals surface area contributed by atoms with Crippen molar-refractivity contribution >= 4 is 22.6 Å². The van der Waals surface area contributed by atoms with E-state index in [0.29, 0.717) is 18.7 Å². The van der Waals surface area contributed by atoms with Crippen molar-refractivity contribution in [1.82, 2.24) is 14.6 Å². The molecule has 0 aliphatic rings. The Labute approximate surface area is 151 Å². The smallest absolute Gasteiger partial charge is 0.213 e. The topological polar surface area (TPSA) is 56.5 Å². The summed E-state index contributed by atoms with van der Waals surface area (Å²) in [6, 6.07) is 6.15. The molecule has 2 aromatic heterocycles. The van der Waals surface area contributed by atoms with Crippen LogP contribution in [0.3, 0.4) is 0 Å². The maximum absolute atomic E-state index is 11.5. The zero-order valence-corrected chi connectivity index (χ0v) is 16.1. The average molecular weight is 357 g/mol. The summed E-state index contributed by atoms with van der Waals surface area (Å²) in [6.45, 7) is 10.8. The number of aryl methyl sites for hydroxylation is 2. The molecule has 0 atom stereocenters. The van der Waals surface area contributed by atoms with Crippen molar-refractivity contribution in [2.75, 3.05) is 6.61 Å². The second-order valence-electron chi connectivity index (χ2n) is 7.27. The summed E-state index contributed by atoms with van der Waals surface area (Å²) >= 11 is 1.51. The fourth-order valence-electron chi connectivity index (χ4n) is 2.77. The van der Waals surface area contributed by atoms with Gasteiger partial charge >= 0.3 is 0 Å². The minimum atomic E-state index is -0.185. The molecule has 0 N–H and O–H groups in total. The largest absolute Gasteiger partial charge is 0.493 e. The van der Waals surface area contributed by atoms with Gasteiger partial charge in [0.05, 0.1) is 12.3 Å². The highest BCUT2D eigenvalue weighted by Crippen LogP contribution is 2.27. The van der Waals surface area contributed by atoms with Gasteiger partial charge in [0.25, 0.3) is 0 Å². The van der Waals surface area contributed by atoms with Crippen LogP contribution >= 0.6 is 11.3 Å². The standard InChI is InChI=1S/C19H23N3O2S/c1-12-6-7-15(13(2)10-12)24-9-8-16-21-22-14(11-23)17(19(3,4)5)20-18(22)25-16/h6-7,10-11H,8-9H2,1-5H3. The van der Waals surface area contributed by atoms with Crippen LogP contribution in [0.1, 0.15) is 53.1 Å². The molecule has 0 radical (unpaired) electrons. The van der Waals surface area contributed by atoms with Crippen LogP contribution in [0.25, 0.3) is 4.96 Å². The summed E-state index contributed by atoms with van der Waals surface area (Å²) in [5, 5.41) is 5.46. The number of ether oxygens (including phenoxy) is 1. The van der Waals surface area contributed by atoms with E-state index >= 15 is 0 Å². The number of carbonyl (C=O) groups is 1. The Morgan fingerprint density at radius 3 is 2.68 bits per heavy atom. The van der Waals surface area contributed by atoms with Crippen LogP contribution in [0.4, 0.5) is 0 Å². The first-order valence-corrected chi connectivity index (χ1v) is 9.15. The number of aldehydes is 1. The highest BCUT2D eigenvalue weighted by molar-refractivity contribution is 7.16. The predicted octanol–water partition coefficient (Wildman–Crippen LogP) is 4.14. The molecule has 0 saturated carbocycles. The van der Waals surface area contributed by atoms with Gasteiger partial charge in [-0.15, -0.1) is 0 Å². The van der Waals surface area contributed by atoms with Crippen LogP contribution < -0.4 is 4.74 Å². The third-order valence-electron chi connectivity index (χ3n) is 4.01. The molecule has 0 unspecified atom stereocenters. The lowest BCUT2D eigenvalue weighted by Crippen LogP contribution is -2.15. The Kier molecular flexibility index (Phi) is 4.64. The lowest BCUT2D eigenvalue weighted by molar-refractivity contribution is 0.111. The number of rotatable bonds is 5. The van der Waals surface area contributed by atoms with Gasteiger partial charge in [0.15, 0.2) is 6.29 Å². The van der Waals surface area contributed by atoms with Crippen molar-refractivity contribution in [3.8, 4) is 5.75 Å². The van der Waals surface area contributed by atoms with Gasteiger partial charge in [-0.1, -0.05) is 49.8 Å². The average Bonchev–Trinajstić information content (AvgIpc) is 3.06. The Hall–Kier alpha value is -2.21. The first-order valence-electron chi connectivity index (χ1n) is 8.34. The van der Waals surface area contributed by atoms with Gasteiger partial charge in [-0.3, -0.25) is 4.79 Å². The van der Waals surface area contributed by atoms with Gasteiger partial charge in [-0.05, 0) is 25.5 Å². The monoisotopic (exact) mass is 357 g/mol. The van der Waals surface area contributed by atoms with Crippen LogP contribution in [0, 0.1) is 13.8 Å². The van der Waals surface area contributed by atoms with E-state index < -0.39 is 0 Å². The van der Waals surface area contributed by atoms with Crippen LogP contribution in [-0.2, 0) is 11.8 Å². The number of hydrogen-bond donors (Lipinski definition) is 0. The SMILES string of the molecule is Cc1ccc(OCCc2nn3c(C=O)c(C(C)(C)C)nc3s2)c(C)c1. The number of hydrogen-bond acceptors (Lipinski definition) is 5.